The van der Waals surface area contributed by atoms with Gasteiger partial charge in [-0.05, 0) is 36.9 Å². The highest BCUT2D eigenvalue weighted by Crippen LogP contribution is 2.27. The predicted octanol–water partition coefficient (Wildman–Crippen LogP) is 4.34. The summed E-state index contributed by atoms with van der Waals surface area (Å²) >= 11 is 5.82. The highest BCUT2D eigenvalue weighted by atomic mass is 35.5. The Bertz CT molecular complexity index is 789. The van der Waals surface area contributed by atoms with Gasteiger partial charge in [0.1, 0.15) is 5.82 Å². The zero-order chi connectivity index (χ0) is 14.8. The van der Waals surface area contributed by atoms with Gasteiger partial charge in [0.15, 0.2) is 0 Å². The number of hydrogen-bond donors (Lipinski definition) is 1. The van der Waals surface area contributed by atoms with Crippen molar-refractivity contribution in [3.05, 3.63) is 76.7 Å². The zero-order valence-electron chi connectivity index (χ0n) is 11.5. The Labute approximate surface area is 127 Å². The largest absolute Gasteiger partial charge is 0.309 e. The molecule has 3 aromatic rings. The normalized spacial score (nSPS) is 12.5. The molecule has 0 saturated carbocycles. The van der Waals surface area contributed by atoms with Crippen molar-refractivity contribution >= 4 is 22.5 Å². The monoisotopic (exact) mass is 300 g/mol. The molecule has 0 bridgehead atoms. The number of pyridine rings is 1. The number of nitrogens with one attached hydrogen (secondary N) is 1. The highest BCUT2D eigenvalue weighted by Gasteiger charge is 2.16. The second kappa shape index (κ2) is 5.80. The molecule has 2 aromatic carbocycles. The summed E-state index contributed by atoms with van der Waals surface area (Å²) < 4.78 is 14.1. The van der Waals surface area contributed by atoms with Crippen molar-refractivity contribution in [1.29, 1.82) is 0 Å². The minimum absolute atomic E-state index is 0.242. The highest BCUT2D eigenvalue weighted by molar-refractivity contribution is 6.30. The summed E-state index contributed by atoms with van der Waals surface area (Å²) in [5.41, 5.74) is 2.42. The second-order valence-electron chi connectivity index (χ2n) is 4.84. The summed E-state index contributed by atoms with van der Waals surface area (Å²) in [6.07, 6.45) is 1.75. The molecule has 106 valence electrons. The third kappa shape index (κ3) is 2.75. The van der Waals surface area contributed by atoms with Crippen LogP contribution in [0.25, 0.3) is 10.9 Å². The van der Waals surface area contributed by atoms with E-state index in [9.17, 15) is 4.39 Å². The molecule has 0 spiro atoms. The molecule has 1 unspecified atom stereocenters. The van der Waals surface area contributed by atoms with Crippen molar-refractivity contribution in [2.75, 3.05) is 7.05 Å². The van der Waals surface area contributed by atoms with Gasteiger partial charge in [0, 0.05) is 22.2 Å². The smallest absolute Gasteiger partial charge is 0.129 e. The summed E-state index contributed by atoms with van der Waals surface area (Å²) in [5.74, 6) is -0.317. The average Bonchev–Trinajstić information content (AvgIpc) is 2.50. The van der Waals surface area contributed by atoms with Crippen LogP contribution in [-0.4, -0.2) is 12.0 Å². The number of aromatic nitrogens is 1. The third-order valence-corrected chi connectivity index (χ3v) is 3.76. The molecular weight excluding hydrogens is 287 g/mol. The van der Waals surface area contributed by atoms with E-state index in [1.54, 1.807) is 25.4 Å². The van der Waals surface area contributed by atoms with Gasteiger partial charge in [-0.2, -0.15) is 0 Å². The first kappa shape index (κ1) is 14.0. The molecule has 3 rings (SSSR count). The van der Waals surface area contributed by atoms with E-state index >= 15 is 0 Å². The SMILES string of the molecule is CNC(c1ccc2cccnc2c1)c1ccc(Cl)cc1F. The lowest BCUT2D eigenvalue weighted by Crippen LogP contribution is -2.19. The van der Waals surface area contributed by atoms with E-state index in [0.717, 1.165) is 16.5 Å². The van der Waals surface area contributed by atoms with Crippen molar-refractivity contribution in [3.8, 4) is 0 Å². The molecule has 1 aromatic heterocycles. The standard InChI is InChI=1S/C17H14ClFN2/c1-20-17(14-7-6-13(18)10-15(14)19)12-5-4-11-3-2-8-21-16(11)9-12/h2-10,17,20H,1H3. The fourth-order valence-electron chi connectivity index (χ4n) is 2.50. The summed E-state index contributed by atoms with van der Waals surface area (Å²) in [6, 6.07) is 14.4. The van der Waals surface area contributed by atoms with Gasteiger partial charge in [-0.1, -0.05) is 35.9 Å². The number of nitrogens with zero attached hydrogens (tertiary/aromatic N) is 1. The van der Waals surface area contributed by atoms with Crippen molar-refractivity contribution in [2.45, 2.75) is 6.04 Å². The van der Waals surface area contributed by atoms with Gasteiger partial charge in [-0.25, -0.2) is 4.39 Å². The average molecular weight is 301 g/mol. The van der Waals surface area contributed by atoms with Crippen LogP contribution in [-0.2, 0) is 0 Å². The van der Waals surface area contributed by atoms with Gasteiger partial charge in [0.05, 0.1) is 11.6 Å². The quantitative estimate of drug-likeness (QED) is 0.778. The maximum Gasteiger partial charge on any atom is 0.129 e. The van der Waals surface area contributed by atoms with Crippen LogP contribution in [0.1, 0.15) is 17.2 Å². The maximum absolute atomic E-state index is 14.1. The number of benzene rings is 2. The molecule has 4 heteroatoms. The van der Waals surface area contributed by atoms with Crippen LogP contribution in [0.15, 0.2) is 54.7 Å². The molecule has 0 amide bonds. The Hall–Kier alpha value is -1.97. The topological polar surface area (TPSA) is 24.9 Å². The Morgan fingerprint density at radius 1 is 1.14 bits per heavy atom. The van der Waals surface area contributed by atoms with Gasteiger partial charge in [-0.15, -0.1) is 0 Å². The van der Waals surface area contributed by atoms with Crippen LogP contribution in [0.4, 0.5) is 4.39 Å². The third-order valence-electron chi connectivity index (χ3n) is 3.53. The summed E-state index contributed by atoms with van der Waals surface area (Å²) in [6.45, 7) is 0. The first-order chi connectivity index (χ1) is 10.2. The van der Waals surface area contributed by atoms with E-state index in [-0.39, 0.29) is 11.9 Å². The molecule has 21 heavy (non-hydrogen) atoms. The Morgan fingerprint density at radius 3 is 2.76 bits per heavy atom. The molecule has 1 N–H and O–H groups in total. The van der Waals surface area contributed by atoms with E-state index < -0.39 is 0 Å². The molecule has 2 nitrogen and oxygen atoms in total. The minimum Gasteiger partial charge on any atom is -0.309 e. The first-order valence-corrected chi connectivity index (χ1v) is 7.04. The number of fused-ring (bicyclic) bond motifs is 1. The van der Waals surface area contributed by atoms with E-state index in [2.05, 4.69) is 10.3 Å². The van der Waals surface area contributed by atoms with E-state index in [0.29, 0.717) is 10.6 Å². The van der Waals surface area contributed by atoms with Crippen LogP contribution >= 0.6 is 11.6 Å². The van der Waals surface area contributed by atoms with E-state index in [4.69, 9.17) is 11.6 Å². The Balaban J connectivity index is 2.09. The lowest BCUT2D eigenvalue weighted by atomic mass is 9.97. The van der Waals surface area contributed by atoms with Gasteiger partial charge >= 0.3 is 0 Å². The van der Waals surface area contributed by atoms with Gasteiger partial charge < -0.3 is 5.32 Å². The van der Waals surface area contributed by atoms with Crippen molar-refractivity contribution in [3.63, 3.8) is 0 Å². The molecular formula is C17H14ClFN2. The number of hydrogen-bond acceptors (Lipinski definition) is 2. The zero-order valence-corrected chi connectivity index (χ0v) is 12.2. The summed E-state index contributed by atoms with van der Waals surface area (Å²) in [5, 5.41) is 4.61. The number of rotatable bonds is 3. The van der Waals surface area contributed by atoms with Crippen LogP contribution in [0.2, 0.25) is 5.02 Å². The van der Waals surface area contributed by atoms with Crippen LogP contribution in [0, 0.1) is 5.82 Å². The number of halogens is 2. The van der Waals surface area contributed by atoms with Crippen LogP contribution < -0.4 is 5.32 Å². The first-order valence-electron chi connectivity index (χ1n) is 6.66. The summed E-state index contributed by atoms with van der Waals surface area (Å²) in [7, 11) is 1.81. The molecule has 0 radical (unpaired) electrons. The van der Waals surface area contributed by atoms with E-state index in [1.807, 2.05) is 30.3 Å². The molecule has 0 fully saturated rings. The predicted molar refractivity (Wildman–Crippen MR) is 84.1 cm³/mol. The fourth-order valence-corrected chi connectivity index (χ4v) is 2.66. The van der Waals surface area contributed by atoms with Gasteiger partial charge in [0.2, 0.25) is 0 Å². The summed E-state index contributed by atoms with van der Waals surface area (Å²) in [4.78, 5) is 4.35. The lowest BCUT2D eigenvalue weighted by Gasteiger charge is -2.18. The van der Waals surface area contributed by atoms with Crippen LogP contribution in [0.3, 0.4) is 0 Å². The van der Waals surface area contributed by atoms with Crippen molar-refractivity contribution in [2.24, 2.45) is 0 Å². The van der Waals surface area contributed by atoms with E-state index in [1.165, 1.54) is 6.07 Å². The molecule has 1 heterocycles. The van der Waals surface area contributed by atoms with Gasteiger partial charge in [-0.3, -0.25) is 4.98 Å². The second-order valence-corrected chi connectivity index (χ2v) is 5.28. The molecule has 0 aliphatic heterocycles. The molecule has 0 aliphatic rings. The fraction of sp³-hybridized carbons (Fsp3) is 0.118. The van der Waals surface area contributed by atoms with Crippen molar-refractivity contribution < 1.29 is 4.39 Å². The van der Waals surface area contributed by atoms with Gasteiger partial charge in [0.25, 0.3) is 0 Å². The van der Waals surface area contributed by atoms with Crippen LogP contribution in [0.5, 0.6) is 0 Å². The molecule has 1 atom stereocenters. The Kier molecular flexibility index (Phi) is 3.86. The lowest BCUT2D eigenvalue weighted by molar-refractivity contribution is 0.576. The maximum atomic E-state index is 14.1. The molecule has 0 saturated heterocycles. The van der Waals surface area contributed by atoms with Crippen molar-refractivity contribution in [1.82, 2.24) is 10.3 Å². The minimum atomic E-state index is -0.317. The Morgan fingerprint density at radius 2 is 2.00 bits per heavy atom. The molecule has 0 aliphatic carbocycles.